The second-order valence-corrected chi connectivity index (χ2v) is 3.36. The quantitative estimate of drug-likeness (QED) is 0.649. The van der Waals surface area contributed by atoms with E-state index in [4.69, 9.17) is 5.26 Å². The average Bonchev–Trinajstić information content (AvgIpc) is 2.65. The Hall–Kier alpha value is -1.37. The Morgan fingerprint density at radius 3 is 2.79 bits per heavy atom. The minimum absolute atomic E-state index is 0.263. The molecule has 0 saturated carbocycles. The zero-order valence-electron chi connectivity index (χ0n) is 8.61. The number of nitriles is 1. The van der Waals surface area contributed by atoms with Crippen LogP contribution in [0.1, 0.15) is 44.9 Å². The molecule has 4 nitrogen and oxygen atoms in total. The zero-order chi connectivity index (χ0) is 10.2. The number of aryl methyl sites for hydroxylation is 1. The fourth-order valence-corrected chi connectivity index (χ4v) is 1.33. The molecule has 0 N–H and O–H groups in total. The normalized spacial score (nSPS) is 10.0. The van der Waals surface area contributed by atoms with Gasteiger partial charge in [0.15, 0.2) is 0 Å². The van der Waals surface area contributed by atoms with Gasteiger partial charge in [0, 0.05) is 6.54 Å². The first-order valence-corrected chi connectivity index (χ1v) is 5.16. The van der Waals surface area contributed by atoms with Gasteiger partial charge in [-0.05, 0) is 6.42 Å². The zero-order valence-corrected chi connectivity index (χ0v) is 8.61. The monoisotopic (exact) mass is 192 g/mol. The van der Waals surface area contributed by atoms with E-state index < -0.39 is 0 Å². The number of hydrogen-bond acceptors (Lipinski definition) is 3. The Bertz CT molecular complexity index is 297. The van der Waals surface area contributed by atoms with Crippen molar-refractivity contribution in [3.8, 4) is 6.07 Å². The van der Waals surface area contributed by atoms with Gasteiger partial charge in [-0.1, -0.05) is 32.6 Å². The first-order chi connectivity index (χ1) is 6.86. The average molecular weight is 192 g/mol. The Kier molecular flexibility index (Phi) is 4.70. The van der Waals surface area contributed by atoms with Gasteiger partial charge in [0.1, 0.15) is 12.4 Å². The second-order valence-electron chi connectivity index (χ2n) is 3.36. The van der Waals surface area contributed by atoms with Crippen molar-refractivity contribution in [2.75, 3.05) is 0 Å². The third-order valence-electron chi connectivity index (χ3n) is 2.13. The van der Waals surface area contributed by atoms with Crippen molar-refractivity contribution in [2.24, 2.45) is 0 Å². The predicted molar refractivity (Wildman–Crippen MR) is 53.5 cm³/mol. The highest BCUT2D eigenvalue weighted by molar-refractivity contribution is 5.05. The van der Waals surface area contributed by atoms with E-state index in [2.05, 4.69) is 17.0 Å². The lowest BCUT2D eigenvalue weighted by molar-refractivity contribution is 0.531. The van der Waals surface area contributed by atoms with Crippen molar-refractivity contribution in [1.29, 1.82) is 5.26 Å². The van der Waals surface area contributed by atoms with Crippen LogP contribution in [0.5, 0.6) is 0 Å². The molecule has 1 rings (SSSR count). The Morgan fingerprint density at radius 1 is 1.36 bits per heavy atom. The minimum Gasteiger partial charge on any atom is -0.252 e. The van der Waals surface area contributed by atoms with Crippen LogP contribution in [0.2, 0.25) is 0 Å². The summed E-state index contributed by atoms with van der Waals surface area (Å²) < 4.78 is 1.74. The van der Waals surface area contributed by atoms with Crippen molar-refractivity contribution in [3.63, 3.8) is 0 Å². The van der Waals surface area contributed by atoms with Gasteiger partial charge in [0.25, 0.3) is 5.82 Å². The molecular weight excluding hydrogens is 176 g/mol. The summed E-state index contributed by atoms with van der Waals surface area (Å²) in [4.78, 5) is 3.84. The number of unbranched alkanes of at least 4 members (excludes halogenated alkanes) is 4. The standard InChI is InChI=1S/C10H16N4/c1-2-3-4-5-6-7-14-9-12-10(8-11)13-14/h9H,2-7H2,1H3. The molecule has 0 saturated heterocycles. The van der Waals surface area contributed by atoms with E-state index in [1.807, 2.05) is 6.07 Å². The third-order valence-corrected chi connectivity index (χ3v) is 2.13. The van der Waals surface area contributed by atoms with Gasteiger partial charge in [0.2, 0.25) is 0 Å². The van der Waals surface area contributed by atoms with Crippen LogP contribution < -0.4 is 0 Å². The molecule has 1 heterocycles. The third kappa shape index (κ3) is 3.56. The summed E-state index contributed by atoms with van der Waals surface area (Å²) in [6, 6.07) is 1.92. The molecule has 0 aliphatic heterocycles. The number of nitrogens with zero attached hydrogens (tertiary/aromatic N) is 4. The van der Waals surface area contributed by atoms with E-state index in [0.29, 0.717) is 0 Å². The topological polar surface area (TPSA) is 54.5 Å². The maximum atomic E-state index is 8.50. The lowest BCUT2D eigenvalue weighted by Crippen LogP contribution is -1.98. The Balaban J connectivity index is 2.16. The van der Waals surface area contributed by atoms with Crippen molar-refractivity contribution in [1.82, 2.24) is 14.8 Å². The van der Waals surface area contributed by atoms with Crippen LogP contribution in [0.3, 0.4) is 0 Å². The Labute approximate surface area is 84.6 Å². The van der Waals surface area contributed by atoms with Gasteiger partial charge in [-0.15, -0.1) is 5.10 Å². The second kappa shape index (κ2) is 6.14. The van der Waals surface area contributed by atoms with E-state index in [-0.39, 0.29) is 5.82 Å². The van der Waals surface area contributed by atoms with Crippen molar-refractivity contribution < 1.29 is 0 Å². The van der Waals surface area contributed by atoms with Gasteiger partial charge in [-0.25, -0.2) is 4.98 Å². The lowest BCUT2D eigenvalue weighted by Gasteiger charge is -1.99. The fraction of sp³-hybridized carbons (Fsp3) is 0.700. The summed E-state index contributed by atoms with van der Waals surface area (Å²) >= 11 is 0. The maximum absolute atomic E-state index is 8.50. The minimum atomic E-state index is 0.263. The van der Waals surface area contributed by atoms with E-state index in [9.17, 15) is 0 Å². The van der Waals surface area contributed by atoms with Gasteiger partial charge in [-0.2, -0.15) is 5.26 Å². The molecule has 4 heteroatoms. The molecule has 0 fully saturated rings. The molecular formula is C10H16N4. The van der Waals surface area contributed by atoms with E-state index >= 15 is 0 Å². The van der Waals surface area contributed by atoms with E-state index in [0.717, 1.165) is 13.0 Å². The fourth-order valence-electron chi connectivity index (χ4n) is 1.33. The summed E-state index contributed by atoms with van der Waals surface area (Å²) in [6.45, 7) is 3.08. The molecule has 0 amide bonds. The smallest absolute Gasteiger partial charge is 0.252 e. The van der Waals surface area contributed by atoms with Crippen LogP contribution in [-0.4, -0.2) is 14.8 Å². The number of hydrogen-bond donors (Lipinski definition) is 0. The first-order valence-electron chi connectivity index (χ1n) is 5.16. The van der Waals surface area contributed by atoms with Crippen LogP contribution in [0.4, 0.5) is 0 Å². The summed E-state index contributed by atoms with van der Waals surface area (Å²) in [5.74, 6) is 0.263. The van der Waals surface area contributed by atoms with Crippen LogP contribution in [0, 0.1) is 11.3 Å². The van der Waals surface area contributed by atoms with Crippen LogP contribution in [0.25, 0.3) is 0 Å². The van der Waals surface area contributed by atoms with E-state index in [1.165, 1.54) is 25.7 Å². The van der Waals surface area contributed by atoms with Gasteiger partial charge >= 0.3 is 0 Å². The molecule has 76 valence electrons. The van der Waals surface area contributed by atoms with Gasteiger partial charge in [0.05, 0.1) is 0 Å². The molecule has 1 aromatic heterocycles. The molecule has 0 aliphatic carbocycles. The summed E-state index contributed by atoms with van der Waals surface area (Å²) in [5, 5.41) is 12.5. The highest BCUT2D eigenvalue weighted by atomic mass is 15.3. The highest BCUT2D eigenvalue weighted by Crippen LogP contribution is 2.03. The molecule has 0 unspecified atom stereocenters. The molecule has 0 aliphatic rings. The molecule has 0 spiro atoms. The van der Waals surface area contributed by atoms with Crippen molar-refractivity contribution >= 4 is 0 Å². The summed E-state index contributed by atoms with van der Waals surface area (Å²) in [6.07, 6.45) is 7.83. The van der Waals surface area contributed by atoms with Gasteiger partial charge < -0.3 is 0 Å². The van der Waals surface area contributed by atoms with Gasteiger partial charge in [-0.3, -0.25) is 4.68 Å². The predicted octanol–water partition coefficient (Wildman–Crippen LogP) is 2.12. The maximum Gasteiger partial charge on any atom is 0.252 e. The highest BCUT2D eigenvalue weighted by Gasteiger charge is 1.97. The van der Waals surface area contributed by atoms with Crippen molar-refractivity contribution in [2.45, 2.75) is 45.6 Å². The molecule has 1 aromatic rings. The van der Waals surface area contributed by atoms with Crippen LogP contribution in [-0.2, 0) is 6.54 Å². The lowest BCUT2D eigenvalue weighted by atomic mass is 10.1. The summed E-state index contributed by atoms with van der Waals surface area (Å²) in [7, 11) is 0. The Morgan fingerprint density at radius 2 is 2.14 bits per heavy atom. The van der Waals surface area contributed by atoms with Crippen LogP contribution in [0.15, 0.2) is 6.33 Å². The molecule has 0 radical (unpaired) electrons. The molecule has 0 bridgehead atoms. The molecule has 0 aromatic carbocycles. The number of rotatable bonds is 6. The SMILES string of the molecule is CCCCCCCn1cnc(C#N)n1. The molecule has 14 heavy (non-hydrogen) atoms. The molecule has 0 atom stereocenters. The first kappa shape index (κ1) is 10.7. The van der Waals surface area contributed by atoms with Crippen molar-refractivity contribution in [3.05, 3.63) is 12.2 Å². The van der Waals surface area contributed by atoms with E-state index in [1.54, 1.807) is 11.0 Å². The summed E-state index contributed by atoms with van der Waals surface area (Å²) in [5.41, 5.74) is 0. The number of aromatic nitrogens is 3. The largest absolute Gasteiger partial charge is 0.252 e. The van der Waals surface area contributed by atoms with Crippen LogP contribution >= 0.6 is 0 Å².